The molecule has 0 radical (unpaired) electrons. The number of hydrogen-bond donors (Lipinski definition) is 1. The third-order valence-electron chi connectivity index (χ3n) is 2.97. The third-order valence-corrected chi connectivity index (χ3v) is 2.97. The van der Waals surface area contributed by atoms with Gasteiger partial charge in [-0.15, -0.1) is 0 Å². The van der Waals surface area contributed by atoms with Crippen LogP contribution in [0.15, 0.2) is 18.2 Å². The lowest BCUT2D eigenvalue weighted by Crippen LogP contribution is -2.35. The van der Waals surface area contributed by atoms with E-state index in [-0.39, 0.29) is 5.54 Å². The zero-order valence-corrected chi connectivity index (χ0v) is 11.3. The summed E-state index contributed by atoms with van der Waals surface area (Å²) in [4.78, 5) is 4.68. The van der Waals surface area contributed by atoms with Crippen LogP contribution in [0.4, 0.5) is 0 Å². The Kier molecular flexibility index (Phi) is 2.96. The summed E-state index contributed by atoms with van der Waals surface area (Å²) in [7, 11) is 2.09. The van der Waals surface area contributed by atoms with Crippen LogP contribution in [0, 0.1) is 6.92 Å². The number of aromatic nitrogens is 2. The van der Waals surface area contributed by atoms with E-state index in [1.54, 1.807) is 0 Å². The third kappa shape index (κ3) is 2.50. The molecule has 1 N–H and O–H groups in total. The van der Waals surface area contributed by atoms with Crippen molar-refractivity contribution in [2.75, 3.05) is 0 Å². The molecule has 0 aliphatic carbocycles. The van der Waals surface area contributed by atoms with Crippen LogP contribution in [-0.2, 0) is 13.6 Å². The molecule has 3 nitrogen and oxygen atoms in total. The van der Waals surface area contributed by atoms with Gasteiger partial charge in [0.25, 0.3) is 0 Å². The monoisotopic (exact) mass is 231 g/mol. The largest absolute Gasteiger partial charge is 0.330 e. The maximum Gasteiger partial charge on any atom is 0.123 e. The smallest absolute Gasteiger partial charge is 0.123 e. The highest BCUT2D eigenvalue weighted by molar-refractivity contribution is 5.79. The van der Waals surface area contributed by atoms with Crippen LogP contribution in [-0.4, -0.2) is 15.1 Å². The molecule has 0 spiro atoms. The Hall–Kier alpha value is -1.35. The number of nitrogens with zero attached hydrogens (tertiary/aromatic N) is 2. The van der Waals surface area contributed by atoms with Gasteiger partial charge in [0.1, 0.15) is 5.82 Å². The van der Waals surface area contributed by atoms with E-state index < -0.39 is 0 Å². The topological polar surface area (TPSA) is 29.9 Å². The summed E-state index contributed by atoms with van der Waals surface area (Å²) in [6.45, 7) is 9.43. The highest BCUT2D eigenvalue weighted by Crippen LogP contribution is 2.18. The first-order valence-electron chi connectivity index (χ1n) is 6.04. The Bertz CT molecular complexity index is 532. The summed E-state index contributed by atoms with van der Waals surface area (Å²) in [6.07, 6.45) is 0. The lowest BCUT2D eigenvalue weighted by Gasteiger charge is -2.20. The second-order valence-electron chi connectivity index (χ2n) is 5.63. The van der Waals surface area contributed by atoms with Gasteiger partial charge >= 0.3 is 0 Å². The zero-order chi connectivity index (χ0) is 12.6. The van der Waals surface area contributed by atoms with Gasteiger partial charge in [0.2, 0.25) is 0 Å². The van der Waals surface area contributed by atoms with Gasteiger partial charge in [0.15, 0.2) is 0 Å². The summed E-state index contributed by atoms with van der Waals surface area (Å²) >= 11 is 0. The average Bonchev–Trinajstić information content (AvgIpc) is 2.53. The molecule has 0 saturated carbocycles. The maximum absolute atomic E-state index is 4.68. The molecule has 0 atom stereocenters. The van der Waals surface area contributed by atoms with Crippen LogP contribution < -0.4 is 5.32 Å². The highest BCUT2D eigenvalue weighted by Gasteiger charge is 2.13. The fourth-order valence-corrected chi connectivity index (χ4v) is 2.02. The second kappa shape index (κ2) is 4.15. The highest BCUT2D eigenvalue weighted by atomic mass is 15.1. The number of nitrogens with one attached hydrogen (secondary N) is 1. The molecule has 2 rings (SSSR count). The Morgan fingerprint density at radius 2 is 2.00 bits per heavy atom. The number of fused-ring (bicyclic) bond motifs is 1. The van der Waals surface area contributed by atoms with Crippen molar-refractivity contribution in [3.05, 3.63) is 29.6 Å². The lowest BCUT2D eigenvalue weighted by molar-refractivity contribution is 0.415. The van der Waals surface area contributed by atoms with Gasteiger partial charge in [-0.1, -0.05) is 12.1 Å². The van der Waals surface area contributed by atoms with Crippen LogP contribution in [0.1, 0.15) is 32.2 Å². The van der Waals surface area contributed by atoms with E-state index >= 15 is 0 Å². The van der Waals surface area contributed by atoms with Crippen molar-refractivity contribution in [3.63, 3.8) is 0 Å². The Morgan fingerprint density at radius 3 is 2.59 bits per heavy atom. The number of imidazole rings is 1. The summed E-state index contributed by atoms with van der Waals surface area (Å²) in [6, 6.07) is 6.26. The molecule has 0 aliphatic heterocycles. The number of hydrogen-bond acceptors (Lipinski definition) is 2. The van der Waals surface area contributed by atoms with Gasteiger partial charge in [-0.2, -0.15) is 0 Å². The zero-order valence-electron chi connectivity index (χ0n) is 11.3. The molecule has 0 fully saturated rings. The predicted molar refractivity (Wildman–Crippen MR) is 72.0 cm³/mol. The Morgan fingerprint density at radius 1 is 1.29 bits per heavy atom. The number of para-hydroxylation sites is 1. The average molecular weight is 231 g/mol. The first-order valence-corrected chi connectivity index (χ1v) is 6.04. The van der Waals surface area contributed by atoms with Gasteiger partial charge < -0.3 is 9.88 Å². The number of aryl methyl sites for hydroxylation is 2. The molecule has 92 valence electrons. The van der Waals surface area contributed by atoms with Crippen LogP contribution in [0.5, 0.6) is 0 Å². The fourth-order valence-electron chi connectivity index (χ4n) is 2.02. The Balaban J connectivity index is 2.36. The van der Waals surface area contributed by atoms with Crippen molar-refractivity contribution < 1.29 is 0 Å². The minimum atomic E-state index is 0.118. The maximum atomic E-state index is 4.68. The molecular weight excluding hydrogens is 210 g/mol. The summed E-state index contributed by atoms with van der Waals surface area (Å²) in [5, 5.41) is 3.48. The van der Waals surface area contributed by atoms with Gasteiger partial charge in [-0.3, -0.25) is 0 Å². The Labute approximate surface area is 103 Å². The summed E-state index contributed by atoms with van der Waals surface area (Å²) in [5.74, 6) is 1.09. The van der Waals surface area contributed by atoms with Gasteiger partial charge in [-0.25, -0.2) is 4.98 Å². The van der Waals surface area contributed by atoms with Crippen molar-refractivity contribution in [3.8, 4) is 0 Å². The van der Waals surface area contributed by atoms with Crippen molar-refractivity contribution >= 4 is 11.0 Å². The van der Waals surface area contributed by atoms with Crippen LogP contribution >= 0.6 is 0 Å². The molecule has 1 heterocycles. The van der Waals surface area contributed by atoms with E-state index in [1.807, 2.05) is 0 Å². The molecule has 17 heavy (non-hydrogen) atoms. The van der Waals surface area contributed by atoms with Crippen molar-refractivity contribution in [2.24, 2.45) is 7.05 Å². The summed E-state index contributed by atoms with van der Waals surface area (Å²) < 4.78 is 2.18. The molecule has 1 aromatic heterocycles. The molecule has 0 bridgehead atoms. The van der Waals surface area contributed by atoms with E-state index in [0.29, 0.717) is 0 Å². The summed E-state index contributed by atoms with van der Waals surface area (Å²) in [5.41, 5.74) is 3.71. The molecule has 2 aromatic rings. The van der Waals surface area contributed by atoms with E-state index in [4.69, 9.17) is 0 Å². The molecule has 0 aliphatic rings. The minimum Gasteiger partial charge on any atom is -0.330 e. The van der Waals surface area contributed by atoms with Crippen molar-refractivity contribution in [2.45, 2.75) is 39.8 Å². The quantitative estimate of drug-likeness (QED) is 0.861. The van der Waals surface area contributed by atoms with Crippen molar-refractivity contribution in [1.29, 1.82) is 0 Å². The number of benzene rings is 1. The number of rotatable bonds is 2. The van der Waals surface area contributed by atoms with Gasteiger partial charge in [0.05, 0.1) is 17.6 Å². The first-order chi connectivity index (χ1) is 7.88. The second-order valence-corrected chi connectivity index (χ2v) is 5.63. The van der Waals surface area contributed by atoms with Gasteiger partial charge in [0, 0.05) is 12.6 Å². The lowest BCUT2D eigenvalue weighted by atomic mass is 10.1. The molecule has 0 saturated heterocycles. The van der Waals surface area contributed by atoms with Crippen LogP contribution in [0.3, 0.4) is 0 Å². The fraction of sp³-hybridized carbons (Fsp3) is 0.500. The van der Waals surface area contributed by atoms with Crippen LogP contribution in [0.2, 0.25) is 0 Å². The molecule has 3 heteroatoms. The van der Waals surface area contributed by atoms with E-state index in [0.717, 1.165) is 17.9 Å². The molecular formula is C14H21N3. The molecule has 0 unspecified atom stereocenters. The van der Waals surface area contributed by atoms with Crippen LogP contribution in [0.25, 0.3) is 11.0 Å². The minimum absolute atomic E-state index is 0.118. The van der Waals surface area contributed by atoms with Gasteiger partial charge in [-0.05, 0) is 39.3 Å². The SMILES string of the molecule is Cc1cccc2nc(CNC(C)(C)C)n(C)c12. The first kappa shape index (κ1) is 12.1. The van der Waals surface area contributed by atoms with E-state index in [2.05, 4.69) is 67.8 Å². The molecule has 1 aromatic carbocycles. The molecule has 0 amide bonds. The standard InChI is InChI=1S/C14H21N3/c1-10-7-6-8-11-13(10)17(5)12(16-11)9-15-14(2,3)4/h6-8,15H,9H2,1-5H3. The van der Waals surface area contributed by atoms with Crippen molar-refractivity contribution in [1.82, 2.24) is 14.9 Å². The predicted octanol–water partition coefficient (Wildman–Crippen LogP) is 2.77. The van der Waals surface area contributed by atoms with E-state index in [9.17, 15) is 0 Å². The normalized spacial score (nSPS) is 12.3. The van der Waals surface area contributed by atoms with E-state index in [1.165, 1.54) is 11.1 Å².